The van der Waals surface area contributed by atoms with E-state index >= 15 is 0 Å². The first-order valence-corrected chi connectivity index (χ1v) is 15.4. The van der Waals surface area contributed by atoms with Crippen LogP contribution >= 0.6 is 0 Å². The fraction of sp³-hybridized carbons (Fsp3) is 0.364. The molecule has 0 radical (unpaired) electrons. The van der Waals surface area contributed by atoms with Crippen LogP contribution < -0.4 is 20.9 Å². The van der Waals surface area contributed by atoms with Crippen LogP contribution in [-0.4, -0.2) is 69.6 Å². The number of amides is 2. The monoisotopic (exact) mass is 682 g/mol. The Hall–Kier alpha value is -5.38. The SMILES string of the molecule is CONC(=O)c1ccccc1Nc1nc(Nc2ccc(-c3cnn(C4CCN(C(=O)OC(C)(C)C)CC4)c3)cc2OC)ncc1C(F)(F)F. The third-order valence-electron chi connectivity index (χ3n) is 7.59. The normalized spacial score (nSPS) is 13.9. The van der Waals surface area contributed by atoms with Gasteiger partial charge in [0.25, 0.3) is 5.91 Å². The summed E-state index contributed by atoms with van der Waals surface area (Å²) in [4.78, 5) is 39.2. The molecule has 3 N–H and O–H groups in total. The van der Waals surface area contributed by atoms with Gasteiger partial charge in [0.1, 0.15) is 22.7 Å². The molecule has 4 aromatic rings. The molecule has 49 heavy (non-hydrogen) atoms. The van der Waals surface area contributed by atoms with Crippen LogP contribution in [0.1, 0.15) is 55.6 Å². The molecule has 1 fully saturated rings. The van der Waals surface area contributed by atoms with E-state index in [1.54, 1.807) is 35.4 Å². The third-order valence-corrected chi connectivity index (χ3v) is 7.59. The van der Waals surface area contributed by atoms with E-state index in [1.807, 2.05) is 37.7 Å². The molecule has 13 nitrogen and oxygen atoms in total. The minimum absolute atomic E-state index is 0.0393. The lowest BCUT2D eigenvalue weighted by Crippen LogP contribution is -2.42. The van der Waals surface area contributed by atoms with Crippen LogP contribution in [0, 0.1) is 0 Å². The molecule has 3 heterocycles. The van der Waals surface area contributed by atoms with Gasteiger partial charge >= 0.3 is 12.3 Å². The molecule has 0 aliphatic carbocycles. The number of piperidine rings is 1. The number of carbonyl (C=O) groups is 2. The lowest BCUT2D eigenvalue weighted by atomic mass is 10.1. The number of para-hydroxylation sites is 1. The van der Waals surface area contributed by atoms with E-state index in [0.717, 1.165) is 24.0 Å². The molecule has 0 spiro atoms. The van der Waals surface area contributed by atoms with E-state index in [0.29, 0.717) is 30.7 Å². The van der Waals surface area contributed by atoms with Crippen molar-refractivity contribution in [2.75, 3.05) is 37.9 Å². The second kappa shape index (κ2) is 14.4. The number of alkyl halides is 3. The maximum atomic E-state index is 14.0. The zero-order valence-corrected chi connectivity index (χ0v) is 27.6. The summed E-state index contributed by atoms with van der Waals surface area (Å²) in [5.74, 6) is -0.991. The van der Waals surface area contributed by atoms with Crippen LogP contribution in [0.3, 0.4) is 0 Å². The van der Waals surface area contributed by atoms with Crippen LogP contribution in [-0.2, 0) is 15.8 Å². The Labute approximate surface area is 280 Å². The fourth-order valence-corrected chi connectivity index (χ4v) is 5.23. The number of aromatic nitrogens is 4. The van der Waals surface area contributed by atoms with Crippen molar-refractivity contribution in [1.29, 1.82) is 0 Å². The molecule has 5 rings (SSSR count). The van der Waals surface area contributed by atoms with Gasteiger partial charge in [-0.25, -0.2) is 15.3 Å². The van der Waals surface area contributed by atoms with Crippen molar-refractivity contribution < 1.29 is 37.1 Å². The number of halogens is 3. The van der Waals surface area contributed by atoms with Crippen LogP contribution in [0.2, 0.25) is 0 Å². The Kier molecular flexibility index (Phi) is 10.3. The molecule has 2 amide bonds. The van der Waals surface area contributed by atoms with Crippen molar-refractivity contribution >= 4 is 35.1 Å². The fourth-order valence-electron chi connectivity index (χ4n) is 5.23. The maximum Gasteiger partial charge on any atom is 0.421 e. The first kappa shape index (κ1) is 34.9. The molecular weight excluding hydrogens is 645 g/mol. The molecule has 1 aliphatic rings. The Balaban J connectivity index is 1.32. The number of hydrogen-bond acceptors (Lipinski definition) is 10. The minimum Gasteiger partial charge on any atom is -0.495 e. The predicted molar refractivity (Wildman–Crippen MR) is 175 cm³/mol. The summed E-state index contributed by atoms with van der Waals surface area (Å²) in [5.41, 5.74) is 2.60. The first-order chi connectivity index (χ1) is 23.3. The molecule has 0 saturated carbocycles. The maximum absolute atomic E-state index is 14.0. The highest BCUT2D eigenvalue weighted by molar-refractivity contribution is 5.99. The topological polar surface area (TPSA) is 145 Å². The Morgan fingerprint density at radius 2 is 1.67 bits per heavy atom. The molecule has 2 aromatic carbocycles. The molecule has 260 valence electrons. The molecule has 0 bridgehead atoms. The molecule has 0 unspecified atom stereocenters. The number of nitrogens with one attached hydrogen (secondary N) is 3. The van der Waals surface area contributed by atoms with Gasteiger partial charge in [-0.3, -0.25) is 14.3 Å². The van der Waals surface area contributed by atoms with Gasteiger partial charge < -0.3 is 25.0 Å². The number of nitrogens with zero attached hydrogens (tertiary/aromatic N) is 5. The second-order valence-electron chi connectivity index (χ2n) is 12.2. The summed E-state index contributed by atoms with van der Waals surface area (Å²) in [7, 11) is 2.71. The van der Waals surface area contributed by atoms with Crippen LogP contribution in [0.5, 0.6) is 5.75 Å². The number of likely N-dealkylation sites (tertiary alicyclic amines) is 1. The summed E-state index contributed by atoms with van der Waals surface area (Å²) in [6, 6.07) is 11.4. The standard InChI is InChI=1S/C33H37F3N8O5/c1-32(2,3)49-31(46)43-14-12-22(13-15-43)44-19-21(17-38-44)20-10-11-26(27(16-20)47-4)40-30-37-18-24(33(34,35)36)28(41-30)39-25-9-7-6-8-23(25)29(45)42-48-5/h6-11,16-19,22H,12-15H2,1-5H3,(H,42,45)(H2,37,39,40,41). The van der Waals surface area contributed by atoms with Crippen LogP contribution in [0.15, 0.2) is 61.1 Å². The highest BCUT2D eigenvalue weighted by Gasteiger charge is 2.36. The van der Waals surface area contributed by atoms with Gasteiger partial charge in [0.05, 0.1) is 43.4 Å². The Bertz CT molecular complexity index is 1800. The van der Waals surface area contributed by atoms with E-state index in [4.69, 9.17) is 9.47 Å². The van der Waals surface area contributed by atoms with Gasteiger partial charge in [-0.15, -0.1) is 0 Å². The number of carbonyl (C=O) groups excluding carboxylic acids is 2. The number of ether oxygens (including phenoxy) is 2. The minimum atomic E-state index is -4.79. The lowest BCUT2D eigenvalue weighted by Gasteiger charge is -2.33. The largest absolute Gasteiger partial charge is 0.495 e. The number of rotatable bonds is 9. The molecule has 2 aromatic heterocycles. The molecule has 1 aliphatic heterocycles. The molecule has 16 heteroatoms. The number of anilines is 4. The summed E-state index contributed by atoms with van der Waals surface area (Å²) in [6.45, 7) is 6.63. The van der Waals surface area contributed by atoms with Gasteiger partial charge in [-0.1, -0.05) is 18.2 Å². The van der Waals surface area contributed by atoms with E-state index in [1.165, 1.54) is 26.4 Å². The van der Waals surface area contributed by atoms with Crippen molar-refractivity contribution in [2.45, 2.75) is 51.4 Å². The third kappa shape index (κ3) is 8.56. The summed E-state index contributed by atoms with van der Waals surface area (Å²) in [6.07, 6.45) is 0.664. The average Bonchev–Trinajstić information content (AvgIpc) is 3.55. The van der Waals surface area contributed by atoms with Gasteiger partial charge in [-0.2, -0.15) is 23.3 Å². The summed E-state index contributed by atoms with van der Waals surface area (Å²) in [5, 5.41) is 10.1. The number of methoxy groups -OCH3 is 1. The quantitative estimate of drug-likeness (QED) is 0.163. The predicted octanol–water partition coefficient (Wildman–Crippen LogP) is 6.72. The van der Waals surface area contributed by atoms with Crippen LogP contribution in [0.4, 0.5) is 41.1 Å². The van der Waals surface area contributed by atoms with Crippen molar-refractivity contribution in [3.05, 3.63) is 72.2 Å². The van der Waals surface area contributed by atoms with Crippen molar-refractivity contribution in [3.63, 3.8) is 0 Å². The van der Waals surface area contributed by atoms with Gasteiger partial charge in [-0.05, 0) is 63.4 Å². The molecular formula is C33H37F3N8O5. The number of benzene rings is 2. The van der Waals surface area contributed by atoms with E-state index < -0.39 is 29.1 Å². The van der Waals surface area contributed by atoms with Gasteiger partial charge in [0.15, 0.2) is 0 Å². The van der Waals surface area contributed by atoms with Crippen molar-refractivity contribution in [2.24, 2.45) is 0 Å². The number of hydrogen-bond donors (Lipinski definition) is 3. The van der Waals surface area contributed by atoms with E-state index in [-0.39, 0.29) is 29.3 Å². The lowest BCUT2D eigenvalue weighted by molar-refractivity contribution is -0.137. The zero-order chi connectivity index (χ0) is 35.3. The Morgan fingerprint density at radius 3 is 2.35 bits per heavy atom. The summed E-state index contributed by atoms with van der Waals surface area (Å²) >= 11 is 0. The Morgan fingerprint density at radius 1 is 0.939 bits per heavy atom. The van der Waals surface area contributed by atoms with Crippen LogP contribution in [0.25, 0.3) is 11.1 Å². The highest BCUT2D eigenvalue weighted by atomic mass is 19.4. The second-order valence-corrected chi connectivity index (χ2v) is 12.2. The molecule has 0 atom stereocenters. The van der Waals surface area contributed by atoms with Gasteiger partial charge in [0, 0.05) is 31.0 Å². The smallest absolute Gasteiger partial charge is 0.421 e. The summed E-state index contributed by atoms with van der Waals surface area (Å²) < 4.78 is 54.8. The average molecular weight is 683 g/mol. The van der Waals surface area contributed by atoms with E-state index in [9.17, 15) is 22.8 Å². The molecule has 1 saturated heterocycles. The van der Waals surface area contributed by atoms with Gasteiger partial charge in [0.2, 0.25) is 5.95 Å². The van der Waals surface area contributed by atoms with E-state index in [2.05, 4.69) is 36.0 Å². The first-order valence-electron chi connectivity index (χ1n) is 15.4. The number of hydroxylamine groups is 1. The zero-order valence-electron chi connectivity index (χ0n) is 27.6. The van der Waals surface area contributed by atoms with Crippen molar-refractivity contribution in [1.82, 2.24) is 30.1 Å². The van der Waals surface area contributed by atoms with Crippen molar-refractivity contribution in [3.8, 4) is 16.9 Å². The highest BCUT2D eigenvalue weighted by Crippen LogP contribution is 2.37.